The zero-order chi connectivity index (χ0) is 14.5. The Morgan fingerprint density at radius 2 is 2.29 bits per heavy atom. The summed E-state index contributed by atoms with van der Waals surface area (Å²) in [6.07, 6.45) is 4.79. The van der Waals surface area contributed by atoms with Gasteiger partial charge in [-0.05, 0) is 12.5 Å². The molecule has 0 bridgehead atoms. The van der Waals surface area contributed by atoms with E-state index in [2.05, 4.69) is 43.7 Å². The highest BCUT2D eigenvalue weighted by Crippen LogP contribution is 2.16. The first kappa shape index (κ1) is 13.7. The molecule has 0 saturated heterocycles. The summed E-state index contributed by atoms with van der Waals surface area (Å²) in [6.45, 7) is 2.13. The van der Waals surface area contributed by atoms with E-state index in [1.807, 2.05) is 24.4 Å². The van der Waals surface area contributed by atoms with Crippen molar-refractivity contribution in [3.05, 3.63) is 36.0 Å². The number of nitrogens with zero attached hydrogens (tertiary/aromatic N) is 3. The largest absolute Gasteiger partial charge is 0.361 e. The van der Waals surface area contributed by atoms with E-state index in [9.17, 15) is 0 Å². The van der Waals surface area contributed by atoms with Crippen molar-refractivity contribution >= 4 is 34.8 Å². The molecule has 0 radical (unpaired) electrons. The lowest BCUT2D eigenvalue weighted by atomic mass is 10.2. The molecule has 0 unspecified atom stereocenters. The Balaban J connectivity index is 1.65. The lowest BCUT2D eigenvalue weighted by Crippen LogP contribution is -1.92. The van der Waals surface area contributed by atoms with E-state index in [4.69, 9.17) is 0 Å². The van der Waals surface area contributed by atoms with Gasteiger partial charge in [0, 0.05) is 28.4 Å². The molecule has 3 N–H and O–H groups in total. The zero-order valence-corrected chi connectivity index (χ0v) is 12.4. The van der Waals surface area contributed by atoms with Crippen LogP contribution in [0, 0.1) is 0 Å². The first-order valence-corrected chi connectivity index (χ1v) is 7.76. The van der Waals surface area contributed by atoms with Crippen LogP contribution in [0.25, 0.3) is 10.9 Å². The summed E-state index contributed by atoms with van der Waals surface area (Å²) in [5.74, 6) is 1.56. The van der Waals surface area contributed by atoms with Crippen LogP contribution in [0.15, 0.2) is 40.7 Å². The number of hydrogen-bond acceptors (Lipinski definition) is 5. The molecule has 0 aliphatic heterocycles. The number of anilines is 1. The van der Waals surface area contributed by atoms with E-state index in [-0.39, 0.29) is 0 Å². The van der Waals surface area contributed by atoms with Crippen molar-refractivity contribution in [2.75, 3.05) is 11.2 Å². The third kappa shape index (κ3) is 3.25. The summed E-state index contributed by atoms with van der Waals surface area (Å²) in [5.41, 5.74) is 4.98. The second-order valence-electron chi connectivity index (χ2n) is 4.47. The number of hydrogen-bond donors (Lipinski definition) is 3. The van der Waals surface area contributed by atoms with Crippen LogP contribution in [0.4, 0.5) is 5.95 Å². The van der Waals surface area contributed by atoms with Crippen molar-refractivity contribution in [3.63, 3.8) is 0 Å². The van der Waals surface area contributed by atoms with Gasteiger partial charge in [-0.25, -0.2) is 10.5 Å². The fourth-order valence-corrected chi connectivity index (χ4v) is 2.57. The van der Waals surface area contributed by atoms with Crippen LogP contribution in [0.2, 0.25) is 0 Å². The summed E-state index contributed by atoms with van der Waals surface area (Å²) >= 11 is 1.62. The molecule has 1 aromatic carbocycles. The fourth-order valence-electron chi connectivity index (χ4n) is 1.92. The summed E-state index contributed by atoms with van der Waals surface area (Å²) in [6, 6.07) is 8.10. The van der Waals surface area contributed by atoms with Crippen molar-refractivity contribution in [2.24, 2.45) is 5.10 Å². The van der Waals surface area contributed by atoms with Gasteiger partial charge in [0.1, 0.15) is 0 Å². The van der Waals surface area contributed by atoms with Gasteiger partial charge in [0.05, 0.1) is 6.21 Å². The van der Waals surface area contributed by atoms with E-state index in [0.717, 1.165) is 33.8 Å². The number of hydrazone groups is 1. The lowest BCUT2D eigenvalue weighted by molar-refractivity contribution is 0.968. The lowest BCUT2D eigenvalue weighted by Gasteiger charge is -1.93. The van der Waals surface area contributed by atoms with Crippen molar-refractivity contribution in [3.8, 4) is 0 Å². The molecule has 2 heterocycles. The predicted octanol–water partition coefficient (Wildman–Crippen LogP) is 3.23. The molecule has 3 aromatic rings. The second kappa shape index (κ2) is 6.45. The summed E-state index contributed by atoms with van der Waals surface area (Å²) in [5, 5.41) is 13.0. The van der Waals surface area contributed by atoms with Crippen molar-refractivity contribution in [1.29, 1.82) is 0 Å². The van der Waals surface area contributed by atoms with Gasteiger partial charge in [0.15, 0.2) is 0 Å². The molecular weight excluding hydrogens is 284 g/mol. The number of thioether (sulfide) groups is 1. The van der Waals surface area contributed by atoms with E-state index in [0.29, 0.717) is 5.95 Å². The van der Waals surface area contributed by atoms with Crippen molar-refractivity contribution < 1.29 is 0 Å². The third-order valence-electron chi connectivity index (χ3n) is 2.90. The summed E-state index contributed by atoms with van der Waals surface area (Å²) in [4.78, 5) is 7.50. The number of aromatic amines is 2. The molecule has 0 atom stereocenters. The average molecular weight is 300 g/mol. The number of nitrogens with one attached hydrogen (secondary N) is 3. The Morgan fingerprint density at radius 3 is 3.19 bits per heavy atom. The van der Waals surface area contributed by atoms with Gasteiger partial charge in [0.25, 0.3) is 0 Å². The number of fused-ring (bicyclic) bond motifs is 1. The molecule has 7 heteroatoms. The Morgan fingerprint density at radius 1 is 1.38 bits per heavy atom. The molecule has 108 valence electrons. The van der Waals surface area contributed by atoms with Gasteiger partial charge < -0.3 is 4.98 Å². The monoisotopic (exact) mass is 300 g/mol. The number of para-hydroxylation sites is 1. The molecule has 0 saturated carbocycles. The standard InChI is InChI=1S/C14H16N6S/c1-2-7-21-14-17-13(19-20-14)18-16-9-10-8-15-12-6-4-3-5-11(10)12/h3-6,8-9,15H,2,7H2,1H3,(H2,17,18,19,20)/b16-9-. The smallest absolute Gasteiger partial charge is 0.240 e. The quantitative estimate of drug-likeness (QED) is 0.371. The number of H-pyrrole nitrogens is 2. The normalized spacial score (nSPS) is 11.5. The van der Waals surface area contributed by atoms with E-state index >= 15 is 0 Å². The van der Waals surface area contributed by atoms with Crippen molar-refractivity contribution in [1.82, 2.24) is 20.2 Å². The van der Waals surface area contributed by atoms with Gasteiger partial charge >= 0.3 is 0 Å². The van der Waals surface area contributed by atoms with Crippen LogP contribution in [0.5, 0.6) is 0 Å². The average Bonchev–Trinajstić information content (AvgIpc) is 3.13. The van der Waals surface area contributed by atoms with Gasteiger partial charge in [-0.2, -0.15) is 10.1 Å². The van der Waals surface area contributed by atoms with Gasteiger partial charge in [-0.1, -0.05) is 36.9 Å². The molecule has 0 fully saturated rings. The first-order chi connectivity index (χ1) is 10.4. The van der Waals surface area contributed by atoms with Crippen LogP contribution in [-0.2, 0) is 0 Å². The maximum atomic E-state index is 4.29. The zero-order valence-electron chi connectivity index (χ0n) is 11.6. The Labute approximate surface area is 126 Å². The second-order valence-corrected chi connectivity index (χ2v) is 5.54. The maximum Gasteiger partial charge on any atom is 0.240 e. The summed E-state index contributed by atoms with van der Waals surface area (Å²) < 4.78 is 0. The molecule has 0 spiro atoms. The highest BCUT2D eigenvalue weighted by atomic mass is 32.2. The highest BCUT2D eigenvalue weighted by Gasteiger charge is 2.02. The van der Waals surface area contributed by atoms with Crippen LogP contribution in [0.1, 0.15) is 18.9 Å². The topological polar surface area (TPSA) is 81.8 Å². The molecule has 2 aromatic heterocycles. The minimum atomic E-state index is 0.546. The van der Waals surface area contributed by atoms with Gasteiger partial charge in [-0.15, -0.1) is 5.10 Å². The van der Waals surface area contributed by atoms with Crippen LogP contribution >= 0.6 is 11.8 Å². The Bertz CT molecular complexity index is 745. The molecule has 0 aliphatic rings. The number of benzene rings is 1. The third-order valence-corrected chi connectivity index (χ3v) is 3.95. The molecule has 21 heavy (non-hydrogen) atoms. The van der Waals surface area contributed by atoms with Crippen LogP contribution in [-0.4, -0.2) is 32.1 Å². The molecule has 3 rings (SSSR count). The minimum absolute atomic E-state index is 0.546. The Hall–Kier alpha value is -2.28. The highest BCUT2D eigenvalue weighted by molar-refractivity contribution is 7.99. The van der Waals surface area contributed by atoms with E-state index in [1.165, 1.54) is 0 Å². The molecule has 6 nitrogen and oxygen atoms in total. The predicted molar refractivity (Wildman–Crippen MR) is 86.9 cm³/mol. The fraction of sp³-hybridized carbons (Fsp3) is 0.214. The maximum absolute atomic E-state index is 4.29. The van der Waals surface area contributed by atoms with E-state index < -0.39 is 0 Å². The molecule has 0 aliphatic carbocycles. The van der Waals surface area contributed by atoms with Crippen LogP contribution in [0.3, 0.4) is 0 Å². The molecular formula is C14H16N6S. The van der Waals surface area contributed by atoms with Crippen molar-refractivity contribution in [2.45, 2.75) is 18.5 Å². The number of aromatic nitrogens is 4. The van der Waals surface area contributed by atoms with Crippen LogP contribution < -0.4 is 5.43 Å². The SMILES string of the molecule is CCCSc1n[nH]c(N/N=C\c2c[nH]c3ccccc23)n1. The Kier molecular flexibility index (Phi) is 4.20. The molecule has 0 amide bonds. The van der Waals surface area contributed by atoms with Gasteiger partial charge in [0.2, 0.25) is 11.1 Å². The summed E-state index contributed by atoms with van der Waals surface area (Å²) in [7, 11) is 0. The number of rotatable bonds is 6. The van der Waals surface area contributed by atoms with Gasteiger partial charge in [-0.3, -0.25) is 0 Å². The first-order valence-electron chi connectivity index (χ1n) is 6.77. The van der Waals surface area contributed by atoms with E-state index in [1.54, 1.807) is 18.0 Å². The minimum Gasteiger partial charge on any atom is -0.361 e.